The lowest BCUT2D eigenvalue weighted by Gasteiger charge is -2.21. The van der Waals surface area contributed by atoms with E-state index in [1.165, 1.54) is 28.8 Å². The topological polar surface area (TPSA) is 55.9 Å². The monoisotopic (exact) mass is 276 g/mol. The van der Waals surface area contributed by atoms with Crippen molar-refractivity contribution in [3.63, 3.8) is 0 Å². The summed E-state index contributed by atoms with van der Waals surface area (Å²) in [7, 11) is 2.00. The van der Waals surface area contributed by atoms with Gasteiger partial charge in [-0.2, -0.15) is 16.9 Å². The Morgan fingerprint density at radius 2 is 2.37 bits per heavy atom. The molecule has 0 saturated carbocycles. The quantitative estimate of drug-likeness (QED) is 0.659. The van der Waals surface area contributed by atoms with E-state index >= 15 is 0 Å². The lowest BCUT2D eigenvalue weighted by molar-refractivity contribution is 0.383. The van der Waals surface area contributed by atoms with Crippen molar-refractivity contribution < 1.29 is 0 Å². The molecule has 5 heteroatoms. The number of benzene rings is 1. The molecule has 1 aromatic heterocycles. The van der Waals surface area contributed by atoms with E-state index in [-0.39, 0.29) is 0 Å². The minimum Gasteiger partial charge on any atom is -0.271 e. The van der Waals surface area contributed by atoms with Gasteiger partial charge in [0.25, 0.3) is 0 Å². The molecule has 1 aliphatic heterocycles. The fourth-order valence-corrected chi connectivity index (χ4v) is 4.22. The fraction of sp³-hybridized carbons (Fsp3) is 0.500. The minimum atomic E-state index is 0.327. The van der Waals surface area contributed by atoms with Crippen LogP contribution in [-0.4, -0.2) is 27.3 Å². The zero-order valence-corrected chi connectivity index (χ0v) is 12.0. The summed E-state index contributed by atoms with van der Waals surface area (Å²) < 4.78 is 1.96. The van der Waals surface area contributed by atoms with Crippen LogP contribution in [-0.2, 0) is 13.5 Å². The van der Waals surface area contributed by atoms with Crippen LogP contribution in [0.3, 0.4) is 0 Å². The van der Waals surface area contributed by atoms with Gasteiger partial charge in [0.2, 0.25) is 0 Å². The fourth-order valence-electron chi connectivity index (χ4n) is 2.88. The van der Waals surface area contributed by atoms with Gasteiger partial charge in [-0.15, -0.1) is 0 Å². The lowest BCUT2D eigenvalue weighted by atomic mass is 9.95. The molecule has 1 fully saturated rings. The van der Waals surface area contributed by atoms with Gasteiger partial charge in [-0.05, 0) is 29.9 Å². The highest BCUT2D eigenvalue weighted by Gasteiger charge is 2.26. The molecule has 0 amide bonds. The molecular weight excluding hydrogens is 256 g/mol. The molecule has 3 N–H and O–H groups in total. The number of hydrogen-bond acceptors (Lipinski definition) is 4. The van der Waals surface area contributed by atoms with E-state index in [1.807, 2.05) is 23.5 Å². The lowest BCUT2D eigenvalue weighted by Crippen LogP contribution is -2.42. The molecule has 2 unspecified atom stereocenters. The highest BCUT2D eigenvalue weighted by Crippen LogP contribution is 2.28. The Hall–Kier alpha value is -1.04. The predicted molar refractivity (Wildman–Crippen MR) is 81.0 cm³/mol. The van der Waals surface area contributed by atoms with Gasteiger partial charge in [-0.3, -0.25) is 16.0 Å². The summed E-state index contributed by atoms with van der Waals surface area (Å²) in [6.45, 7) is 0. The smallest absolute Gasteiger partial charge is 0.0719 e. The van der Waals surface area contributed by atoms with Gasteiger partial charge in [0.05, 0.1) is 11.2 Å². The third kappa shape index (κ3) is 2.50. The van der Waals surface area contributed by atoms with Crippen LogP contribution in [0, 0.1) is 5.92 Å². The number of nitrogens with one attached hydrogen (secondary N) is 1. The Bertz CT molecular complexity index is 560. The van der Waals surface area contributed by atoms with Crippen LogP contribution in [0.15, 0.2) is 24.3 Å². The SMILES string of the molecule is Cn1nc(CC(NN)C2CCSC2)c2ccccc21. The number of fused-ring (bicyclic) bond motifs is 1. The van der Waals surface area contributed by atoms with Gasteiger partial charge >= 0.3 is 0 Å². The van der Waals surface area contributed by atoms with Crippen molar-refractivity contribution >= 4 is 22.7 Å². The number of nitrogens with zero attached hydrogens (tertiary/aromatic N) is 2. The molecule has 1 aliphatic rings. The molecule has 0 spiro atoms. The van der Waals surface area contributed by atoms with Crippen LogP contribution in [0.1, 0.15) is 12.1 Å². The Labute approximate surface area is 117 Å². The van der Waals surface area contributed by atoms with Crippen LogP contribution in [0.2, 0.25) is 0 Å². The van der Waals surface area contributed by atoms with E-state index in [1.54, 1.807) is 0 Å². The number of hydrogen-bond donors (Lipinski definition) is 2. The number of rotatable bonds is 4. The molecule has 2 heterocycles. The second-order valence-electron chi connectivity index (χ2n) is 5.19. The summed E-state index contributed by atoms with van der Waals surface area (Å²) in [6.07, 6.45) is 2.16. The maximum atomic E-state index is 5.76. The summed E-state index contributed by atoms with van der Waals surface area (Å²) >= 11 is 2.02. The third-order valence-corrected chi connectivity index (χ3v) is 5.18. The van der Waals surface area contributed by atoms with E-state index in [0.29, 0.717) is 12.0 Å². The molecular formula is C14H20N4S. The maximum Gasteiger partial charge on any atom is 0.0719 e. The van der Waals surface area contributed by atoms with Gasteiger partial charge < -0.3 is 0 Å². The number of thioether (sulfide) groups is 1. The zero-order chi connectivity index (χ0) is 13.2. The third-order valence-electron chi connectivity index (χ3n) is 4.00. The first-order valence-corrected chi connectivity index (χ1v) is 7.89. The first-order valence-electron chi connectivity index (χ1n) is 6.74. The molecule has 3 rings (SSSR count). The second-order valence-corrected chi connectivity index (χ2v) is 6.34. The van der Waals surface area contributed by atoms with Crippen molar-refractivity contribution in [3.05, 3.63) is 30.0 Å². The van der Waals surface area contributed by atoms with Gasteiger partial charge in [0, 0.05) is 24.9 Å². The molecule has 0 radical (unpaired) electrons. The molecule has 19 heavy (non-hydrogen) atoms. The Balaban J connectivity index is 1.87. The zero-order valence-electron chi connectivity index (χ0n) is 11.2. The number of aromatic nitrogens is 2. The van der Waals surface area contributed by atoms with E-state index in [0.717, 1.165) is 12.1 Å². The van der Waals surface area contributed by atoms with Crippen molar-refractivity contribution in [1.82, 2.24) is 15.2 Å². The van der Waals surface area contributed by atoms with E-state index in [9.17, 15) is 0 Å². The standard InChI is InChI=1S/C14H20N4S/c1-18-14-5-3-2-4-11(14)13(17-18)8-12(16-15)10-6-7-19-9-10/h2-5,10,12,16H,6-9,15H2,1H3. The molecule has 1 aromatic carbocycles. The number of nitrogens with two attached hydrogens (primary N) is 1. The molecule has 1 saturated heterocycles. The average molecular weight is 276 g/mol. The van der Waals surface area contributed by atoms with Crippen LogP contribution in [0.4, 0.5) is 0 Å². The van der Waals surface area contributed by atoms with Crippen molar-refractivity contribution in [3.8, 4) is 0 Å². The molecule has 4 nitrogen and oxygen atoms in total. The van der Waals surface area contributed by atoms with Crippen molar-refractivity contribution in [2.24, 2.45) is 18.8 Å². The highest BCUT2D eigenvalue weighted by atomic mass is 32.2. The first kappa shape index (κ1) is 13.0. The van der Waals surface area contributed by atoms with Crippen molar-refractivity contribution in [2.75, 3.05) is 11.5 Å². The van der Waals surface area contributed by atoms with Gasteiger partial charge in [-0.1, -0.05) is 18.2 Å². The average Bonchev–Trinajstić information content (AvgIpc) is 3.06. The number of hydrazine groups is 1. The molecule has 102 valence electrons. The predicted octanol–water partition coefficient (Wildman–Crippen LogP) is 1.70. The van der Waals surface area contributed by atoms with E-state index < -0.39 is 0 Å². The summed E-state index contributed by atoms with van der Waals surface area (Å²) in [4.78, 5) is 0. The van der Waals surface area contributed by atoms with Crippen LogP contribution in [0.5, 0.6) is 0 Å². The van der Waals surface area contributed by atoms with Gasteiger partial charge in [0.1, 0.15) is 0 Å². The van der Waals surface area contributed by atoms with Crippen molar-refractivity contribution in [1.29, 1.82) is 0 Å². The second kappa shape index (κ2) is 5.53. The minimum absolute atomic E-state index is 0.327. The van der Waals surface area contributed by atoms with Gasteiger partial charge in [-0.25, -0.2) is 0 Å². The maximum absolute atomic E-state index is 5.76. The Morgan fingerprint density at radius 1 is 1.53 bits per heavy atom. The van der Waals surface area contributed by atoms with Crippen molar-refractivity contribution in [2.45, 2.75) is 18.9 Å². The van der Waals surface area contributed by atoms with Crippen LogP contribution < -0.4 is 11.3 Å². The highest BCUT2D eigenvalue weighted by molar-refractivity contribution is 7.99. The molecule has 2 atom stereocenters. The largest absolute Gasteiger partial charge is 0.271 e. The molecule has 0 bridgehead atoms. The summed E-state index contributed by atoms with van der Waals surface area (Å²) in [5.74, 6) is 8.88. The summed E-state index contributed by atoms with van der Waals surface area (Å²) in [5.41, 5.74) is 5.34. The normalized spacial score (nSPS) is 21.1. The molecule has 0 aliphatic carbocycles. The number of para-hydroxylation sites is 1. The first-order chi connectivity index (χ1) is 9.29. The van der Waals surface area contributed by atoms with E-state index in [4.69, 9.17) is 5.84 Å². The Morgan fingerprint density at radius 3 is 3.11 bits per heavy atom. The molecule has 2 aromatic rings. The Kier molecular flexibility index (Phi) is 3.77. The van der Waals surface area contributed by atoms with Crippen LogP contribution >= 0.6 is 11.8 Å². The van der Waals surface area contributed by atoms with Crippen LogP contribution in [0.25, 0.3) is 10.9 Å². The summed E-state index contributed by atoms with van der Waals surface area (Å²) in [6, 6.07) is 8.72. The van der Waals surface area contributed by atoms with E-state index in [2.05, 4.69) is 34.8 Å². The van der Waals surface area contributed by atoms with Gasteiger partial charge in [0.15, 0.2) is 0 Å². The summed E-state index contributed by atoms with van der Waals surface area (Å²) in [5, 5.41) is 5.91. The number of aryl methyl sites for hydroxylation is 1.